The Morgan fingerprint density at radius 1 is 0.494 bits per heavy atom. The van der Waals surface area contributed by atoms with Crippen LogP contribution in [0.3, 0.4) is 0 Å². The van der Waals surface area contributed by atoms with Gasteiger partial charge in [-0.25, -0.2) is 0 Å². The maximum Gasteiger partial charge on any atom is 0.364 e. The van der Waals surface area contributed by atoms with Gasteiger partial charge in [0.1, 0.15) is 37.0 Å². The second kappa shape index (κ2) is 32.4. The van der Waals surface area contributed by atoms with Crippen LogP contribution in [0.4, 0.5) is 17.6 Å². The molecule has 8 amide bonds. The number of rotatable bonds is 29. The maximum atomic E-state index is 15.0. The molecule has 2 saturated heterocycles. The van der Waals surface area contributed by atoms with Crippen LogP contribution in [0, 0.1) is 23.7 Å². The van der Waals surface area contributed by atoms with E-state index in [1.807, 2.05) is 0 Å². The minimum atomic E-state index is -4.31. The summed E-state index contributed by atoms with van der Waals surface area (Å²) in [5.41, 5.74) is 1.35. The summed E-state index contributed by atoms with van der Waals surface area (Å²) in [7, 11) is 1.37. The summed E-state index contributed by atoms with van der Waals surface area (Å²) in [4.78, 5) is 155. The third-order valence-corrected chi connectivity index (χ3v) is 14.3. The first-order valence-corrected chi connectivity index (χ1v) is 28.2. The fourth-order valence-electron chi connectivity index (χ4n) is 9.43. The number of hydrogen-bond donors (Lipinski definition) is 6. The summed E-state index contributed by atoms with van der Waals surface area (Å²) < 4.78 is 60.1. The van der Waals surface area contributed by atoms with Crippen molar-refractivity contribution in [3.63, 3.8) is 0 Å². The standard InChI is InChI=1S/C30H42F2N4O6.C29H40F2N4O6/c1-6-33-23(38)17-24(39)34-26(19(4)5)29(42)36-16-10-13-21(36)28(41)35-25(18(2)3)27(40)30(31,32)22(37)15-14-20-11-8-7-9-12-20;1-17(2)24(26(39)29(30,31)21(36)14-13-19-10-7-6-8-11-19)34-27(40)20-12-9-15-35(20)28(41)25(18(3)4)33-23(38)16-22(37)32-5/h7-9,11-12,18-19,21,25-26H,6,10,13-17H2,1-5H3,(H,33,38)(H,34,39)(H,35,41);6-8,10-11,17-18,20,24-25H,9,12-16H2,1-5H3,(H,32,37)(H,33,38)(H,34,40)/t21?,25-,26-;20?,24-,25-/m00/s1. The number of nitrogens with zero attached hydrogens (tertiary/aromatic N) is 2. The van der Waals surface area contributed by atoms with Gasteiger partial charge in [0.25, 0.3) is 0 Å². The molecule has 0 aliphatic carbocycles. The number of benzene rings is 2. The highest BCUT2D eigenvalue weighted by atomic mass is 19.3. The largest absolute Gasteiger partial charge is 0.364 e. The molecule has 0 radical (unpaired) electrons. The van der Waals surface area contributed by atoms with Gasteiger partial charge in [0.05, 0.1) is 12.1 Å². The molecule has 2 aromatic rings. The Balaban J connectivity index is 0.000000435. The van der Waals surface area contributed by atoms with Crippen molar-refractivity contribution in [3.8, 4) is 0 Å². The molecule has 2 heterocycles. The monoisotopic (exact) mass is 1170 g/mol. The molecule has 458 valence electrons. The topological polar surface area (TPSA) is 284 Å². The summed E-state index contributed by atoms with van der Waals surface area (Å²) in [6, 6.07) is 9.63. The Bertz CT molecular complexity index is 2620. The zero-order chi connectivity index (χ0) is 62.5. The van der Waals surface area contributed by atoms with E-state index in [1.165, 1.54) is 44.5 Å². The van der Waals surface area contributed by atoms with Crippen molar-refractivity contribution < 1.29 is 75.1 Å². The predicted octanol–water partition coefficient (Wildman–Crippen LogP) is 3.99. The summed E-state index contributed by atoms with van der Waals surface area (Å²) >= 11 is 0. The van der Waals surface area contributed by atoms with Gasteiger partial charge >= 0.3 is 11.8 Å². The van der Waals surface area contributed by atoms with Crippen molar-refractivity contribution >= 4 is 70.4 Å². The zero-order valence-corrected chi connectivity index (χ0v) is 49.0. The quantitative estimate of drug-likeness (QED) is 0.0498. The number of carbonyl (C=O) groups is 12. The lowest BCUT2D eigenvalue weighted by molar-refractivity contribution is -0.160. The van der Waals surface area contributed by atoms with Crippen molar-refractivity contribution in [2.45, 2.75) is 175 Å². The molecule has 0 spiro atoms. The number of likely N-dealkylation sites (tertiary alicyclic amines) is 2. The van der Waals surface area contributed by atoms with E-state index in [-0.39, 0.29) is 50.6 Å². The van der Waals surface area contributed by atoms with Crippen LogP contribution in [-0.4, -0.2) is 155 Å². The van der Waals surface area contributed by atoms with Crippen LogP contribution in [-0.2, 0) is 70.4 Å². The van der Waals surface area contributed by atoms with Gasteiger partial charge in [0.2, 0.25) is 70.4 Å². The Morgan fingerprint density at radius 3 is 1.14 bits per heavy atom. The number of alkyl halides is 4. The first kappa shape index (κ1) is 69.9. The minimum absolute atomic E-state index is 0.0388. The van der Waals surface area contributed by atoms with E-state index >= 15 is 17.6 Å². The van der Waals surface area contributed by atoms with E-state index in [1.54, 1.807) is 95.3 Å². The third-order valence-electron chi connectivity index (χ3n) is 14.3. The highest BCUT2D eigenvalue weighted by Crippen LogP contribution is 2.28. The molecule has 4 rings (SSSR count). The molecule has 2 aliphatic rings. The lowest BCUT2D eigenvalue weighted by atomic mass is 9.91. The fraction of sp³-hybridized carbons (Fsp3) is 0.593. The van der Waals surface area contributed by atoms with E-state index in [0.717, 1.165) is 0 Å². The fourth-order valence-corrected chi connectivity index (χ4v) is 9.43. The van der Waals surface area contributed by atoms with Crippen LogP contribution in [0.5, 0.6) is 0 Å². The van der Waals surface area contributed by atoms with Gasteiger partial charge in [0.15, 0.2) is 0 Å². The molecular weight excluding hydrogens is 1090 g/mol. The molecule has 6 atom stereocenters. The van der Waals surface area contributed by atoms with Gasteiger partial charge in [-0.2, -0.15) is 17.6 Å². The van der Waals surface area contributed by atoms with Crippen molar-refractivity contribution in [2.24, 2.45) is 23.7 Å². The molecule has 24 heteroatoms. The molecule has 2 unspecified atom stereocenters. The number of Topliss-reactive ketones (excluding diaryl/α,β-unsaturated/α-hetero) is 4. The summed E-state index contributed by atoms with van der Waals surface area (Å²) in [5, 5.41) is 14.7. The highest BCUT2D eigenvalue weighted by Gasteiger charge is 2.52. The van der Waals surface area contributed by atoms with Crippen LogP contribution in [0.2, 0.25) is 0 Å². The number of amides is 8. The van der Waals surface area contributed by atoms with Crippen LogP contribution < -0.4 is 31.9 Å². The van der Waals surface area contributed by atoms with E-state index in [4.69, 9.17) is 0 Å². The first-order chi connectivity index (χ1) is 38.9. The van der Waals surface area contributed by atoms with Crippen molar-refractivity contribution in [1.29, 1.82) is 0 Å². The van der Waals surface area contributed by atoms with Crippen molar-refractivity contribution in [1.82, 2.24) is 41.7 Å². The maximum absolute atomic E-state index is 15.0. The smallest absolute Gasteiger partial charge is 0.359 e. The van der Waals surface area contributed by atoms with Gasteiger partial charge in [-0.15, -0.1) is 0 Å². The van der Waals surface area contributed by atoms with Crippen LogP contribution >= 0.6 is 0 Å². The summed E-state index contributed by atoms with van der Waals surface area (Å²) in [5.74, 6) is -22.4. The number of aryl methyl sites for hydroxylation is 2. The average molecular weight is 1170 g/mol. The number of carbonyl (C=O) groups excluding carboxylic acids is 12. The van der Waals surface area contributed by atoms with Gasteiger partial charge in [-0.05, 0) is 80.2 Å². The van der Waals surface area contributed by atoms with Gasteiger partial charge < -0.3 is 41.7 Å². The number of halogens is 4. The Morgan fingerprint density at radius 2 is 0.831 bits per heavy atom. The van der Waals surface area contributed by atoms with E-state index < -0.39 is 156 Å². The Kier molecular flexibility index (Phi) is 27.3. The van der Waals surface area contributed by atoms with Crippen molar-refractivity contribution in [3.05, 3.63) is 71.8 Å². The van der Waals surface area contributed by atoms with Crippen LogP contribution in [0.1, 0.15) is 125 Å². The Labute approximate surface area is 482 Å². The van der Waals surface area contributed by atoms with E-state index in [9.17, 15) is 57.5 Å². The highest BCUT2D eigenvalue weighted by molar-refractivity contribution is 6.12. The summed E-state index contributed by atoms with van der Waals surface area (Å²) in [6.45, 7) is 15.1. The molecule has 6 N–H and O–H groups in total. The number of nitrogens with one attached hydrogen (secondary N) is 6. The number of ketones is 4. The van der Waals surface area contributed by atoms with Crippen molar-refractivity contribution in [2.75, 3.05) is 26.7 Å². The summed E-state index contributed by atoms with van der Waals surface area (Å²) in [6.07, 6.45) is -0.637. The molecule has 0 saturated carbocycles. The molecule has 2 aromatic carbocycles. The lowest BCUT2D eigenvalue weighted by Crippen LogP contribution is -2.59. The second-order valence-corrected chi connectivity index (χ2v) is 22.1. The third kappa shape index (κ3) is 20.2. The average Bonchev–Trinajstić information content (AvgIpc) is 4.22. The zero-order valence-electron chi connectivity index (χ0n) is 49.0. The molecule has 0 aromatic heterocycles. The van der Waals surface area contributed by atoms with Gasteiger partial charge in [0, 0.05) is 39.5 Å². The predicted molar refractivity (Wildman–Crippen MR) is 298 cm³/mol. The molecule has 2 fully saturated rings. The molecule has 2 aliphatic heterocycles. The normalized spacial score (nSPS) is 16.7. The molecular formula is C59H82F4N8O12. The SMILES string of the molecule is CCNC(=O)CC(=O)N[C@H](C(=O)N1CCCC1C(=O)N[C@H](C(=O)C(F)(F)C(=O)CCc1ccccc1)C(C)C)C(C)C.CNC(=O)CC(=O)N[C@H](C(=O)N1CCCC1C(=O)N[C@H](C(=O)C(F)(F)C(=O)CCc1ccccc1)C(C)C)C(C)C. The van der Waals surface area contributed by atoms with Crippen LogP contribution in [0.15, 0.2) is 60.7 Å². The molecule has 83 heavy (non-hydrogen) atoms. The van der Waals surface area contributed by atoms with E-state index in [0.29, 0.717) is 30.5 Å². The van der Waals surface area contributed by atoms with E-state index in [2.05, 4.69) is 31.9 Å². The minimum Gasteiger partial charge on any atom is -0.359 e. The Hall–Kier alpha value is -7.40. The van der Waals surface area contributed by atoms with Gasteiger partial charge in [-0.3, -0.25) is 57.5 Å². The van der Waals surface area contributed by atoms with Gasteiger partial charge in [-0.1, -0.05) is 116 Å². The second-order valence-electron chi connectivity index (χ2n) is 22.1. The van der Waals surface area contributed by atoms with Crippen LogP contribution in [0.25, 0.3) is 0 Å². The molecule has 0 bridgehead atoms. The lowest BCUT2D eigenvalue weighted by Gasteiger charge is -2.32. The number of hydrogen-bond acceptors (Lipinski definition) is 12. The molecule has 20 nitrogen and oxygen atoms in total. The first-order valence-electron chi connectivity index (χ1n) is 28.2.